The molecule has 28 heavy (non-hydrogen) atoms. The van der Waals surface area contributed by atoms with Crippen molar-refractivity contribution in [3.05, 3.63) is 72.2 Å². The minimum atomic E-state index is -0.312. The number of ether oxygens (including phenoxy) is 1. The number of rotatable bonds is 6. The van der Waals surface area contributed by atoms with Crippen molar-refractivity contribution >= 4 is 28.6 Å². The summed E-state index contributed by atoms with van der Waals surface area (Å²) in [5.74, 6) is 0.0187. The van der Waals surface area contributed by atoms with Gasteiger partial charge in [-0.2, -0.15) is 0 Å². The molecule has 3 aromatic heterocycles. The molecule has 4 rings (SSSR count). The third kappa shape index (κ3) is 3.56. The first-order chi connectivity index (χ1) is 13.7. The van der Waals surface area contributed by atoms with Gasteiger partial charge in [-0.15, -0.1) is 11.6 Å². The summed E-state index contributed by atoms with van der Waals surface area (Å²) in [4.78, 5) is 16.4. The predicted molar refractivity (Wildman–Crippen MR) is 111 cm³/mol. The van der Waals surface area contributed by atoms with Crippen LogP contribution in [0.5, 0.6) is 0 Å². The zero-order valence-electron chi connectivity index (χ0n) is 15.3. The van der Waals surface area contributed by atoms with Gasteiger partial charge in [-0.05, 0) is 23.8 Å². The molecule has 2 atom stereocenters. The number of fused-ring (bicyclic) bond motifs is 1. The van der Waals surface area contributed by atoms with E-state index in [1.165, 1.54) is 0 Å². The standard InChI is InChI=1S/C21H20ClN5O/c1-28-12-16(19(22)13-6-3-2-4-7-13)18-10-17(26-21(23)27-18)15-11-25-20-14(15)8-5-9-24-20/h2-11,16,19H,12H2,1H3,(H,24,25)(H2,23,26,27). The lowest BCUT2D eigenvalue weighted by atomic mass is 9.95. The number of aromatic amines is 1. The van der Waals surface area contributed by atoms with Gasteiger partial charge in [-0.25, -0.2) is 15.0 Å². The van der Waals surface area contributed by atoms with E-state index in [9.17, 15) is 0 Å². The zero-order chi connectivity index (χ0) is 19.5. The van der Waals surface area contributed by atoms with Crippen molar-refractivity contribution in [2.24, 2.45) is 0 Å². The van der Waals surface area contributed by atoms with Crippen molar-refractivity contribution in [2.75, 3.05) is 19.5 Å². The lowest BCUT2D eigenvalue weighted by Gasteiger charge is -2.22. The number of benzene rings is 1. The number of nitrogens with one attached hydrogen (secondary N) is 1. The lowest BCUT2D eigenvalue weighted by molar-refractivity contribution is 0.176. The zero-order valence-corrected chi connectivity index (χ0v) is 16.1. The van der Waals surface area contributed by atoms with Gasteiger partial charge < -0.3 is 15.5 Å². The summed E-state index contributed by atoms with van der Waals surface area (Å²) < 4.78 is 5.44. The van der Waals surface area contributed by atoms with Gasteiger partial charge in [-0.1, -0.05) is 30.3 Å². The van der Waals surface area contributed by atoms with Gasteiger partial charge in [0.25, 0.3) is 0 Å². The number of nitrogen functional groups attached to an aromatic ring is 1. The Morgan fingerprint density at radius 2 is 1.96 bits per heavy atom. The second-order valence-electron chi connectivity index (χ2n) is 6.51. The minimum Gasteiger partial charge on any atom is -0.384 e. The summed E-state index contributed by atoms with van der Waals surface area (Å²) in [6, 6.07) is 15.7. The van der Waals surface area contributed by atoms with E-state index in [-0.39, 0.29) is 17.2 Å². The quantitative estimate of drug-likeness (QED) is 0.476. The number of hydrogen-bond donors (Lipinski definition) is 2. The normalized spacial score (nSPS) is 13.5. The molecule has 0 aliphatic carbocycles. The third-order valence-corrected chi connectivity index (χ3v) is 5.24. The summed E-state index contributed by atoms with van der Waals surface area (Å²) in [5.41, 5.74) is 10.2. The van der Waals surface area contributed by atoms with Crippen molar-refractivity contribution in [3.8, 4) is 11.3 Å². The van der Waals surface area contributed by atoms with Crippen molar-refractivity contribution < 1.29 is 4.74 Å². The Bertz CT molecular complexity index is 1080. The maximum absolute atomic E-state index is 6.81. The molecule has 3 N–H and O–H groups in total. The molecule has 6 nitrogen and oxygen atoms in total. The van der Waals surface area contributed by atoms with Gasteiger partial charge in [0.1, 0.15) is 5.65 Å². The van der Waals surface area contributed by atoms with Crippen LogP contribution in [-0.2, 0) is 4.74 Å². The van der Waals surface area contributed by atoms with E-state index in [4.69, 9.17) is 22.1 Å². The monoisotopic (exact) mass is 393 g/mol. The van der Waals surface area contributed by atoms with E-state index in [0.29, 0.717) is 6.61 Å². The van der Waals surface area contributed by atoms with Crippen molar-refractivity contribution in [3.63, 3.8) is 0 Å². The van der Waals surface area contributed by atoms with E-state index >= 15 is 0 Å². The van der Waals surface area contributed by atoms with Crippen LogP contribution in [0.15, 0.2) is 60.9 Å². The summed E-state index contributed by atoms with van der Waals surface area (Å²) in [6.45, 7) is 0.411. The Morgan fingerprint density at radius 3 is 2.75 bits per heavy atom. The second-order valence-corrected chi connectivity index (χ2v) is 6.98. The Morgan fingerprint density at radius 1 is 1.14 bits per heavy atom. The van der Waals surface area contributed by atoms with E-state index in [2.05, 4.69) is 19.9 Å². The van der Waals surface area contributed by atoms with Crippen LogP contribution < -0.4 is 5.73 Å². The average Bonchev–Trinajstić information content (AvgIpc) is 3.16. The van der Waals surface area contributed by atoms with Gasteiger partial charge in [-0.3, -0.25) is 0 Å². The number of alkyl halides is 1. The number of halogens is 1. The molecule has 7 heteroatoms. The lowest BCUT2D eigenvalue weighted by Crippen LogP contribution is -2.15. The molecule has 0 saturated heterocycles. The van der Waals surface area contributed by atoms with Crippen LogP contribution in [0.3, 0.4) is 0 Å². The Labute approximate surface area is 167 Å². The van der Waals surface area contributed by atoms with Gasteiger partial charge in [0.15, 0.2) is 0 Å². The van der Waals surface area contributed by atoms with Gasteiger partial charge >= 0.3 is 0 Å². The van der Waals surface area contributed by atoms with Gasteiger partial charge in [0.2, 0.25) is 5.95 Å². The predicted octanol–water partition coefficient (Wildman–Crippen LogP) is 4.31. The van der Waals surface area contributed by atoms with E-state index < -0.39 is 0 Å². The molecule has 0 spiro atoms. The first-order valence-corrected chi connectivity index (χ1v) is 9.36. The number of aromatic nitrogens is 4. The molecule has 0 saturated carbocycles. The second kappa shape index (κ2) is 7.96. The van der Waals surface area contributed by atoms with Gasteiger partial charge in [0, 0.05) is 36.4 Å². The number of pyridine rings is 1. The van der Waals surface area contributed by atoms with Crippen LogP contribution in [0.25, 0.3) is 22.3 Å². The molecular weight excluding hydrogens is 374 g/mol. The summed E-state index contributed by atoms with van der Waals surface area (Å²) >= 11 is 6.81. The number of nitrogens with zero attached hydrogens (tertiary/aromatic N) is 3. The minimum absolute atomic E-state index is 0.179. The number of methoxy groups -OCH3 is 1. The molecule has 4 aromatic rings. The molecule has 0 amide bonds. The summed E-state index contributed by atoms with van der Waals surface area (Å²) in [6.07, 6.45) is 3.62. The summed E-state index contributed by atoms with van der Waals surface area (Å²) in [5, 5.41) is 0.660. The molecule has 0 aliphatic rings. The highest BCUT2D eigenvalue weighted by Gasteiger charge is 2.26. The Hall–Kier alpha value is -2.96. The molecule has 0 radical (unpaired) electrons. The Kier molecular flexibility index (Phi) is 5.23. The highest BCUT2D eigenvalue weighted by Crippen LogP contribution is 2.37. The van der Waals surface area contributed by atoms with Crippen LogP contribution in [0.1, 0.15) is 22.6 Å². The largest absolute Gasteiger partial charge is 0.384 e. The van der Waals surface area contributed by atoms with Crippen molar-refractivity contribution in [2.45, 2.75) is 11.3 Å². The van der Waals surface area contributed by atoms with E-state index in [1.54, 1.807) is 13.3 Å². The van der Waals surface area contributed by atoms with Crippen LogP contribution in [0.4, 0.5) is 5.95 Å². The number of anilines is 1. The number of nitrogens with two attached hydrogens (primary N) is 1. The highest BCUT2D eigenvalue weighted by molar-refractivity contribution is 6.21. The van der Waals surface area contributed by atoms with E-state index in [0.717, 1.165) is 33.5 Å². The van der Waals surface area contributed by atoms with Crippen molar-refractivity contribution in [1.82, 2.24) is 19.9 Å². The molecular formula is C21H20ClN5O. The average molecular weight is 394 g/mol. The molecule has 2 unspecified atom stereocenters. The molecule has 0 fully saturated rings. The van der Waals surface area contributed by atoms with Crippen molar-refractivity contribution in [1.29, 1.82) is 0 Å². The van der Waals surface area contributed by atoms with E-state index in [1.807, 2.05) is 54.7 Å². The fourth-order valence-electron chi connectivity index (χ4n) is 3.35. The maximum atomic E-state index is 6.81. The van der Waals surface area contributed by atoms with Crippen LogP contribution >= 0.6 is 11.6 Å². The van der Waals surface area contributed by atoms with Crippen LogP contribution in [-0.4, -0.2) is 33.7 Å². The molecule has 142 valence electrons. The topological polar surface area (TPSA) is 89.7 Å². The van der Waals surface area contributed by atoms with Crippen LogP contribution in [0.2, 0.25) is 0 Å². The fraction of sp³-hybridized carbons (Fsp3) is 0.190. The SMILES string of the molecule is COCC(c1cc(-c2c[nH]c3ncccc23)nc(N)n1)C(Cl)c1ccccc1. The maximum Gasteiger partial charge on any atom is 0.220 e. The summed E-state index contributed by atoms with van der Waals surface area (Å²) in [7, 11) is 1.65. The smallest absolute Gasteiger partial charge is 0.220 e. The molecule has 0 aliphatic heterocycles. The fourth-order valence-corrected chi connectivity index (χ4v) is 3.70. The first kappa shape index (κ1) is 18.4. The van der Waals surface area contributed by atoms with Gasteiger partial charge in [0.05, 0.1) is 23.4 Å². The number of hydrogen-bond acceptors (Lipinski definition) is 5. The molecule has 3 heterocycles. The first-order valence-electron chi connectivity index (χ1n) is 8.92. The van der Waals surface area contributed by atoms with Crippen LogP contribution in [0, 0.1) is 0 Å². The molecule has 1 aromatic carbocycles. The third-order valence-electron chi connectivity index (χ3n) is 4.69. The molecule has 0 bridgehead atoms. The Balaban J connectivity index is 1.78. The number of H-pyrrole nitrogens is 1. The highest BCUT2D eigenvalue weighted by atomic mass is 35.5.